The van der Waals surface area contributed by atoms with Crippen LogP contribution in [0.5, 0.6) is 0 Å². The van der Waals surface area contributed by atoms with Crippen LogP contribution in [0.15, 0.2) is 0 Å². The summed E-state index contributed by atoms with van der Waals surface area (Å²) < 4.78 is 11.2. The van der Waals surface area contributed by atoms with Crippen LogP contribution in [-0.2, 0) is 14.3 Å². The Kier molecular flexibility index (Phi) is 3.73. The Labute approximate surface area is 102 Å². The molecule has 1 N–H and O–H groups in total. The molecule has 2 atom stereocenters. The third kappa shape index (κ3) is 2.63. The molecule has 0 bridgehead atoms. The van der Waals surface area contributed by atoms with Crippen molar-refractivity contribution in [3.05, 3.63) is 0 Å². The van der Waals surface area contributed by atoms with Crippen LogP contribution in [0.1, 0.15) is 39.5 Å². The molecule has 1 aliphatic carbocycles. The molecule has 2 fully saturated rings. The Morgan fingerprint density at radius 3 is 2.76 bits per heavy atom. The van der Waals surface area contributed by atoms with Gasteiger partial charge in [-0.15, -0.1) is 0 Å². The maximum absolute atomic E-state index is 11.6. The van der Waals surface area contributed by atoms with Crippen molar-refractivity contribution in [2.24, 2.45) is 11.3 Å². The first kappa shape index (κ1) is 12.8. The summed E-state index contributed by atoms with van der Waals surface area (Å²) in [6, 6.07) is 0. The fourth-order valence-electron chi connectivity index (χ4n) is 2.74. The van der Waals surface area contributed by atoms with E-state index in [-0.39, 0.29) is 12.2 Å². The minimum absolute atomic E-state index is 0.0873. The molecule has 2 aliphatic rings. The van der Waals surface area contributed by atoms with Crippen molar-refractivity contribution in [3.63, 3.8) is 0 Å². The zero-order valence-electron chi connectivity index (χ0n) is 10.6. The maximum Gasteiger partial charge on any atom is 0.312 e. The lowest BCUT2D eigenvalue weighted by atomic mass is 9.76. The standard InChI is InChI=1S/C13H22O4/c1-9(2)16-7-5-13(12(14)15)6-8-17-11(13)10-3-4-10/h9-11H,3-8H2,1-2H3,(H,14,15). The van der Waals surface area contributed by atoms with Gasteiger partial charge >= 0.3 is 5.97 Å². The van der Waals surface area contributed by atoms with Gasteiger partial charge in [0.2, 0.25) is 0 Å². The van der Waals surface area contributed by atoms with Crippen LogP contribution in [0.2, 0.25) is 0 Å². The van der Waals surface area contributed by atoms with E-state index >= 15 is 0 Å². The molecule has 17 heavy (non-hydrogen) atoms. The van der Waals surface area contributed by atoms with Crippen LogP contribution >= 0.6 is 0 Å². The molecule has 1 saturated carbocycles. The highest BCUT2D eigenvalue weighted by atomic mass is 16.5. The molecule has 1 saturated heterocycles. The number of rotatable bonds is 6. The van der Waals surface area contributed by atoms with E-state index in [1.165, 1.54) is 0 Å². The van der Waals surface area contributed by atoms with Crippen LogP contribution in [0.25, 0.3) is 0 Å². The maximum atomic E-state index is 11.6. The second-order valence-corrected chi connectivity index (χ2v) is 5.51. The first-order valence-corrected chi connectivity index (χ1v) is 6.53. The zero-order chi connectivity index (χ0) is 12.5. The van der Waals surface area contributed by atoms with Gasteiger partial charge in [0.15, 0.2) is 0 Å². The Morgan fingerprint density at radius 1 is 1.53 bits per heavy atom. The van der Waals surface area contributed by atoms with Crippen LogP contribution < -0.4 is 0 Å². The first-order valence-electron chi connectivity index (χ1n) is 6.53. The van der Waals surface area contributed by atoms with E-state index in [1.54, 1.807) is 0 Å². The van der Waals surface area contributed by atoms with Crippen molar-refractivity contribution in [3.8, 4) is 0 Å². The second-order valence-electron chi connectivity index (χ2n) is 5.51. The quantitative estimate of drug-likeness (QED) is 0.774. The van der Waals surface area contributed by atoms with Gasteiger partial charge in [0.25, 0.3) is 0 Å². The predicted molar refractivity (Wildman–Crippen MR) is 62.9 cm³/mol. The summed E-state index contributed by atoms with van der Waals surface area (Å²) in [5.74, 6) is -0.244. The monoisotopic (exact) mass is 242 g/mol. The molecule has 4 nitrogen and oxygen atoms in total. The second kappa shape index (κ2) is 4.94. The van der Waals surface area contributed by atoms with E-state index in [1.807, 2.05) is 13.8 Å². The average Bonchev–Trinajstić information content (AvgIpc) is 2.99. The van der Waals surface area contributed by atoms with Gasteiger partial charge in [0.05, 0.1) is 17.6 Å². The summed E-state index contributed by atoms with van der Waals surface area (Å²) in [5.41, 5.74) is -0.698. The third-order valence-corrected chi connectivity index (χ3v) is 3.87. The van der Waals surface area contributed by atoms with E-state index in [2.05, 4.69) is 0 Å². The number of carboxylic acid groups (broad SMARTS) is 1. The van der Waals surface area contributed by atoms with Crippen molar-refractivity contribution >= 4 is 5.97 Å². The lowest BCUT2D eigenvalue weighted by molar-refractivity contribution is -0.155. The van der Waals surface area contributed by atoms with E-state index in [0.29, 0.717) is 32.0 Å². The highest BCUT2D eigenvalue weighted by Gasteiger charge is 2.55. The Bertz CT molecular complexity index is 285. The number of hydrogen-bond donors (Lipinski definition) is 1. The normalized spacial score (nSPS) is 33.2. The molecular weight excluding hydrogens is 220 g/mol. The molecule has 0 aromatic rings. The molecule has 0 aromatic carbocycles. The lowest BCUT2D eigenvalue weighted by Crippen LogP contribution is -2.41. The number of hydrogen-bond acceptors (Lipinski definition) is 3. The summed E-state index contributed by atoms with van der Waals surface area (Å²) >= 11 is 0. The lowest BCUT2D eigenvalue weighted by Gasteiger charge is -2.30. The first-order chi connectivity index (χ1) is 8.06. The summed E-state index contributed by atoms with van der Waals surface area (Å²) in [6.07, 6.45) is 3.50. The molecule has 2 unspecified atom stereocenters. The zero-order valence-corrected chi connectivity index (χ0v) is 10.6. The minimum Gasteiger partial charge on any atom is -0.481 e. The van der Waals surface area contributed by atoms with E-state index in [0.717, 1.165) is 12.8 Å². The Hall–Kier alpha value is -0.610. The van der Waals surface area contributed by atoms with Crippen LogP contribution in [-0.4, -0.2) is 36.5 Å². The summed E-state index contributed by atoms with van der Waals surface area (Å²) in [7, 11) is 0. The van der Waals surface area contributed by atoms with Crippen molar-refractivity contribution in [2.75, 3.05) is 13.2 Å². The van der Waals surface area contributed by atoms with Crippen molar-refractivity contribution in [1.29, 1.82) is 0 Å². The number of carbonyl (C=O) groups is 1. The molecule has 0 spiro atoms. The molecule has 0 aromatic heterocycles. The molecule has 1 aliphatic heterocycles. The molecule has 0 radical (unpaired) electrons. The molecule has 1 heterocycles. The summed E-state index contributed by atoms with van der Waals surface area (Å²) in [4.78, 5) is 11.6. The van der Waals surface area contributed by atoms with Gasteiger partial charge in [-0.05, 0) is 45.4 Å². The highest BCUT2D eigenvalue weighted by molar-refractivity contribution is 5.76. The molecule has 2 rings (SSSR count). The van der Waals surface area contributed by atoms with Gasteiger partial charge in [0, 0.05) is 13.2 Å². The molecule has 0 amide bonds. The van der Waals surface area contributed by atoms with Crippen molar-refractivity contribution in [1.82, 2.24) is 0 Å². The van der Waals surface area contributed by atoms with Crippen LogP contribution in [0.3, 0.4) is 0 Å². The topological polar surface area (TPSA) is 55.8 Å². The van der Waals surface area contributed by atoms with Gasteiger partial charge in [-0.2, -0.15) is 0 Å². The van der Waals surface area contributed by atoms with Crippen molar-refractivity contribution < 1.29 is 19.4 Å². The van der Waals surface area contributed by atoms with Crippen molar-refractivity contribution in [2.45, 2.75) is 51.7 Å². The number of ether oxygens (including phenoxy) is 2. The van der Waals surface area contributed by atoms with Gasteiger partial charge < -0.3 is 14.6 Å². The fourth-order valence-corrected chi connectivity index (χ4v) is 2.74. The number of carboxylic acids is 1. The van der Waals surface area contributed by atoms with Gasteiger partial charge in [0.1, 0.15) is 0 Å². The Morgan fingerprint density at radius 2 is 2.24 bits per heavy atom. The van der Waals surface area contributed by atoms with Crippen LogP contribution in [0, 0.1) is 11.3 Å². The minimum atomic E-state index is -0.709. The molecule has 98 valence electrons. The van der Waals surface area contributed by atoms with Gasteiger partial charge in [-0.3, -0.25) is 4.79 Å². The average molecular weight is 242 g/mol. The summed E-state index contributed by atoms with van der Waals surface area (Å²) in [6.45, 7) is 5.03. The predicted octanol–water partition coefficient (Wildman–Crippen LogP) is 2.07. The smallest absolute Gasteiger partial charge is 0.312 e. The van der Waals surface area contributed by atoms with Gasteiger partial charge in [-0.1, -0.05) is 0 Å². The Balaban J connectivity index is 2.00. The molecule has 4 heteroatoms. The van der Waals surface area contributed by atoms with E-state index in [9.17, 15) is 9.90 Å². The third-order valence-electron chi connectivity index (χ3n) is 3.87. The van der Waals surface area contributed by atoms with E-state index < -0.39 is 11.4 Å². The molecular formula is C13H22O4. The fraction of sp³-hybridized carbons (Fsp3) is 0.923. The van der Waals surface area contributed by atoms with Crippen LogP contribution in [0.4, 0.5) is 0 Å². The summed E-state index contributed by atoms with van der Waals surface area (Å²) in [5, 5.41) is 9.54. The van der Waals surface area contributed by atoms with E-state index in [4.69, 9.17) is 9.47 Å². The van der Waals surface area contributed by atoms with Gasteiger partial charge in [-0.25, -0.2) is 0 Å². The number of aliphatic carboxylic acids is 1. The largest absolute Gasteiger partial charge is 0.481 e. The highest BCUT2D eigenvalue weighted by Crippen LogP contribution is 2.49. The SMILES string of the molecule is CC(C)OCCC1(C(=O)O)CCOC1C1CC1.